The molecule has 5 heteroatoms. The topological polar surface area (TPSA) is 58.2 Å². The van der Waals surface area contributed by atoms with Crippen molar-refractivity contribution in [3.8, 4) is 0 Å². The van der Waals surface area contributed by atoms with E-state index >= 15 is 0 Å². The van der Waals surface area contributed by atoms with Crippen LogP contribution in [0.2, 0.25) is 0 Å². The highest BCUT2D eigenvalue weighted by molar-refractivity contribution is 7.89. The lowest BCUT2D eigenvalue weighted by atomic mass is 9.94. The molecule has 2 saturated carbocycles. The van der Waals surface area contributed by atoms with Crippen molar-refractivity contribution in [2.45, 2.75) is 69.5 Å². The third-order valence-corrected chi connectivity index (χ3v) is 6.21. The first-order valence-corrected chi connectivity index (χ1v) is 9.30. The molecule has 2 fully saturated rings. The third kappa shape index (κ3) is 3.47. The number of aryl methyl sites for hydroxylation is 1. The van der Waals surface area contributed by atoms with Crippen LogP contribution in [0, 0.1) is 13.8 Å². The summed E-state index contributed by atoms with van der Waals surface area (Å²) < 4.78 is 28.0. The van der Waals surface area contributed by atoms with Gasteiger partial charge in [-0.15, -0.1) is 0 Å². The lowest BCUT2D eigenvalue weighted by molar-refractivity contribution is 0.383. The zero-order chi connectivity index (χ0) is 15.0. The minimum Gasteiger partial charge on any atom is -0.310 e. The molecule has 0 radical (unpaired) electrons. The van der Waals surface area contributed by atoms with Gasteiger partial charge in [0.05, 0.1) is 4.90 Å². The number of benzene rings is 1. The number of hydrogen-bond acceptors (Lipinski definition) is 3. The molecule has 2 aliphatic carbocycles. The van der Waals surface area contributed by atoms with E-state index in [9.17, 15) is 8.42 Å². The van der Waals surface area contributed by atoms with Crippen molar-refractivity contribution >= 4 is 10.0 Å². The van der Waals surface area contributed by atoms with E-state index in [1.54, 1.807) is 0 Å². The summed E-state index contributed by atoms with van der Waals surface area (Å²) in [6, 6.07) is 4.67. The van der Waals surface area contributed by atoms with Gasteiger partial charge in [-0.25, -0.2) is 13.1 Å². The summed E-state index contributed by atoms with van der Waals surface area (Å²) in [7, 11) is -3.40. The summed E-state index contributed by atoms with van der Waals surface area (Å²) in [5, 5.41) is 3.45. The molecule has 21 heavy (non-hydrogen) atoms. The van der Waals surface area contributed by atoms with Crippen LogP contribution in [0.4, 0.5) is 0 Å². The minimum absolute atomic E-state index is 0.128. The van der Waals surface area contributed by atoms with Crippen molar-refractivity contribution in [3.05, 3.63) is 28.8 Å². The molecule has 3 rings (SSSR count). The predicted octanol–water partition coefficient (Wildman–Crippen LogP) is 2.39. The third-order valence-electron chi connectivity index (χ3n) is 4.57. The van der Waals surface area contributed by atoms with Gasteiger partial charge in [0.15, 0.2) is 0 Å². The standard InChI is InChI=1S/C16H24N2O2S/c1-11-8-13(10-17-14-6-7-14)9-16(12(11)2)21(19,20)18-15-4-3-5-15/h8-9,14-15,17-18H,3-7,10H2,1-2H3. The van der Waals surface area contributed by atoms with Gasteiger partial charge >= 0.3 is 0 Å². The van der Waals surface area contributed by atoms with E-state index in [2.05, 4.69) is 16.1 Å². The van der Waals surface area contributed by atoms with Gasteiger partial charge in [0.2, 0.25) is 10.0 Å². The molecule has 0 amide bonds. The highest BCUT2D eigenvalue weighted by Gasteiger charge is 2.27. The number of hydrogen-bond donors (Lipinski definition) is 2. The Morgan fingerprint density at radius 3 is 2.38 bits per heavy atom. The van der Waals surface area contributed by atoms with E-state index in [4.69, 9.17) is 0 Å². The SMILES string of the molecule is Cc1cc(CNC2CC2)cc(S(=O)(=O)NC2CCC2)c1C. The van der Waals surface area contributed by atoms with Crippen molar-refractivity contribution < 1.29 is 8.42 Å². The second-order valence-corrected chi connectivity index (χ2v) is 8.12. The Bertz CT molecular complexity index is 632. The van der Waals surface area contributed by atoms with Crippen LogP contribution in [-0.2, 0) is 16.6 Å². The van der Waals surface area contributed by atoms with Gasteiger partial charge in [0.25, 0.3) is 0 Å². The number of rotatable bonds is 6. The molecule has 116 valence electrons. The maximum absolute atomic E-state index is 12.6. The molecular formula is C16H24N2O2S. The fourth-order valence-corrected chi connectivity index (χ4v) is 4.31. The van der Waals surface area contributed by atoms with Crippen LogP contribution in [0.25, 0.3) is 0 Å². The molecule has 0 saturated heterocycles. The van der Waals surface area contributed by atoms with E-state index in [1.165, 1.54) is 12.8 Å². The van der Waals surface area contributed by atoms with Gasteiger partial charge in [0.1, 0.15) is 0 Å². The second kappa shape index (κ2) is 5.71. The summed E-state index contributed by atoms with van der Waals surface area (Å²) in [4.78, 5) is 0.446. The summed E-state index contributed by atoms with van der Waals surface area (Å²) in [6.07, 6.45) is 5.51. The van der Waals surface area contributed by atoms with Crippen LogP contribution in [0.1, 0.15) is 48.8 Å². The number of nitrogens with one attached hydrogen (secondary N) is 2. The molecule has 0 atom stereocenters. The van der Waals surface area contributed by atoms with Crippen LogP contribution in [0.5, 0.6) is 0 Å². The Balaban J connectivity index is 1.84. The second-order valence-electron chi connectivity index (χ2n) is 6.44. The fourth-order valence-electron chi connectivity index (χ4n) is 2.64. The first-order valence-electron chi connectivity index (χ1n) is 7.81. The summed E-state index contributed by atoms with van der Waals surface area (Å²) >= 11 is 0. The van der Waals surface area contributed by atoms with E-state index < -0.39 is 10.0 Å². The normalized spacial score (nSPS) is 19.5. The molecule has 4 nitrogen and oxygen atoms in total. The average molecular weight is 308 g/mol. The van der Waals surface area contributed by atoms with Crippen molar-refractivity contribution in [3.63, 3.8) is 0 Å². The first kappa shape index (κ1) is 15.0. The number of sulfonamides is 1. The van der Waals surface area contributed by atoms with Gasteiger partial charge in [-0.3, -0.25) is 0 Å². The zero-order valence-electron chi connectivity index (χ0n) is 12.8. The Morgan fingerprint density at radius 2 is 1.81 bits per heavy atom. The molecule has 2 N–H and O–H groups in total. The van der Waals surface area contributed by atoms with Crippen LogP contribution in [0.3, 0.4) is 0 Å². The molecule has 0 bridgehead atoms. The lowest BCUT2D eigenvalue weighted by Gasteiger charge is -2.26. The van der Waals surface area contributed by atoms with E-state index in [1.807, 2.05) is 19.9 Å². The quantitative estimate of drug-likeness (QED) is 0.848. The molecule has 0 aliphatic heterocycles. The molecule has 1 aromatic carbocycles. The predicted molar refractivity (Wildman–Crippen MR) is 83.7 cm³/mol. The van der Waals surface area contributed by atoms with E-state index in [0.717, 1.165) is 42.5 Å². The molecular weight excluding hydrogens is 284 g/mol. The van der Waals surface area contributed by atoms with Crippen LogP contribution in [-0.4, -0.2) is 20.5 Å². The minimum atomic E-state index is -3.40. The molecule has 1 aromatic rings. The smallest absolute Gasteiger partial charge is 0.241 e. The van der Waals surface area contributed by atoms with Crippen molar-refractivity contribution in [1.82, 2.24) is 10.0 Å². The molecule has 2 aliphatic rings. The highest BCUT2D eigenvalue weighted by Crippen LogP contribution is 2.26. The maximum Gasteiger partial charge on any atom is 0.241 e. The summed E-state index contributed by atoms with van der Waals surface area (Å²) in [6.45, 7) is 4.62. The summed E-state index contributed by atoms with van der Waals surface area (Å²) in [5.74, 6) is 0. The van der Waals surface area contributed by atoms with E-state index in [0.29, 0.717) is 10.9 Å². The van der Waals surface area contributed by atoms with Crippen molar-refractivity contribution in [2.24, 2.45) is 0 Å². The van der Waals surface area contributed by atoms with Crippen LogP contribution in [0.15, 0.2) is 17.0 Å². The molecule has 0 spiro atoms. The van der Waals surface area contributed by atoms with Gasteiger partial charge in [-0.05, 0) is 62.3 Å². The maximum atomic E-state index is 12.6. The zero-order valence-corrected chi connectivity index (χ0v) is 13.6. The van der Waals surface area contributed by atoms with Crippen molar-refractivity contribution in [2.75, 3.05) is 0 Å². The summed E-state index contributed by atoms with van der Waals surface area (Å²) in [5.41, 5.74) is 2.95. The molecule has 0 unspecified atom stereocenters. The van der Waals surface area contributed by atoms with Crippen LogP contribution < -0.4 is 10.0 Å². The fraction of sp³-hybridized carbons (Fsp3) is 0.625. The van der Waals surface area contributed by atoms with Gasteiger partial charge < -0.3 is 5.32 Å². The van der Waals surface area contributed by atoms with Gasteiger partial charge in [-0.2, -0.15) is 0 Å². The van der Waals surface area contributed by atoms with E-state index in [-0.39, 0.29) is 6.04 Å². The Kier molecular flexibility index (Phi) is 4.08. The van der Waals surface area contributed by atoms with Gasteiger partial charge in [0, 0.05) is 18.6 Å². The molecule has 0 aromatic heterocycles. The van der Waals surface area contributed by atoms with Gasteiger partial charge in [-0.1, -0.05) is 12.5 Å². The Morgan fingerprint density at radius 1 is 1.10 bits per heavy atom. The average Bonchev–Trinajstić information content (AvgIpc) is 3.19. The highest BCUT2D eigenvalue weighted by atomic mass is 32.2. The Hall–Kier alpha value is -0.910. The molecule has 0 heterocycles. The largest absolute Gasteiger partial charge is 0.310 e. The Labute approximate surface area is 127 Å². The van der Waals surface area contributed by atoms with Crippen molar-refractivity contribution in [1.29, 1.82) is 0 Å². The van der Waals surface area contributed by atoms with Crippen LogP contribution >= 0.6 is 0 Å². The lowest BCUT2D eigenvalue weighted by Crippen LogP contribution is -2.39. The first-order chi connectivity index (χ1) is 9.95. The monoisotopic (exact) mass is 308 g/mol.